The summed E-state index contributed by atoms with van der Waals surface area (Å²) in [7, 11) is 0. The number of fused-ring (bicyclic) bond motifs is 7. The normalized spacial score (nSPS) is 13.8. The lowest BCUT2D eigenvalue weighted by Crippen LogP contribution is -2.15. The molecule has 0 atom stereocenters. The van der Waals surface area contributed by atoms with Gasteiger partial charge < -0.3 is 4.42 Å². The maximum absolute atomic E-state index is 6.28. The highest BCUT2D eigenvalue weighted by Gasteiger charge is 2.36. The molecule has 0 N–H and O–H groups in total. The minimum Gasteiger partial charge on any atom is -0.456 e. The number of furan rings is 1. The first-order valence-corrected chi connectivity index (χ1v) is 16.8. The molecule has 1 nitrogen and oxygen atoms in total. The predicted molar refractivity (Wildman–Crippen MR) is 203 cm³/mol. The summed E-state index contributed by atoms with van der Waals surface area (Å²) in [4.78, 5) is 0. The summed E-state index contributed by atoms with van der Waals surface area (Å²) in [6.07, 6.45) is 0. The highest BCUT2D eigenvalue weighted by atomic mass is 16.3. The van der Waals surface area contributed by atoms with E-state index in [0.29, 0.717) is 0 Å². The molecule has 1 heterocycles. The zero-order valence-corrected chi connectivity index (χ0v) is 26.8. The zero-order valence-electron chi connectivity index (χ0n) is 26.8. The average molecular weight is 611 g/mol. The van der Waals surface area contributed by atoms with Crippen LogP contribution in [0.25, 0.3) is 98.4 Å². The molecule has 0 spiro atoms. The van der Waals surface area contributed by atoms with Crippen molar-refractivity contribution >= 4 is 65.0 Å². The second-order valence-electron chi connectivity index (χ2n) is 14.1. The van der Waals surface area contributed by atoms with E-state index in [1.807, 2.05) is 12.1 Å². The van der Waals surface area contributed by atoms with Crippen molar-refractivity contribution in [1.82, 2.24) is 0 Å². The van der Waals surface area contributed by atoms with Gasteiger partial charge in [-0.25, -0.2) is 0 Å². The molecule has 0 amide bonds. The van der Waals surface area contributed by atoms with Crippen LogP contribution in [0.5, 0.6) is 0 Å². The van der Waals surface area contributed by atoms with Crippen molar-refractivity contribution in [2.75, 3.05) is 0 Å². The van der Waals surface area contributed by atoms with Gasteiger partial charge in [0.1, 0.15) is 11.2 Å². The van der Waals surface area contributed by atoms with Crippen molar-refractivity contribution < 1.29 is 4.42 Å². The van der Waals surface area contributed by atoms with Crippen molar-refractivity contribution in [2.24, 2.45) is 0 Å². The highest BCUT2D eigenvalue weighted by molar-refractivity contribution is 6.23. The summed E-state index contributed by atoms with van der Waals surface area (Å²) in [5.74, 6) is 0. The Morgan fingerprint density at radius 2 is 1.04 bits per heavy atom. The first-order valence-electron chi connectivity index (χ1n) is 16.8. The molecule has 1 aliphatic rings. The van der Waals surface area contributed by atoms with E-state index in [1.54, 1.807) is 0 Å². The molecule has 0 bridgehead atoms. The van der Waals surface area contributed by atoms with Gasteiger partial charge in [-0.3, -0.25) is 0 Å². The Labute approximate surface area is 278 Å². The molecule has 9 aromatic carbocycles. The monoisotopic (exact) mass is 610 g/mol. The van der Waals surface area contributed by atoms with Crippen LogP contribution < -0.4 is 0 Å². The van der Waals surface area contributed by atoms with Crippen molar-refractivity contribution in [2.45, 2.75) is 19.3 Å². The van der Waals surface area contributed by atoms with Crippen LogP contribution in [-0.2, 0) is 5.41 Å². The second-order valence-corrected chi connectivity index (χ2v) is 14.1. The molecule has 0 saturated carbocycles. The van der Waals surface area contributed by atoms with E-state index >= 15 is 0 Å². The van der Waals surface area contributed by atoms with Crippen molar-refractivity contribution in [3.05, 3.63) is 157 Å². The summed E-state index contributed by atoms with van der Waals surface area (Å²) in [6, 6.07) is 54.1. The van der Waals surface area contributed by atoms with Gasteiger partial charge in [0.05, 0.1) is 0 Å². The van der Waals surface area contributed by atoms with Crippen LogP contribution in [0.3, 0.4) is 0 Å². The van der Waals surface area contributed by atoms with Gasteiger partial charge in [0, 0.05) is 16.2 Å². The van der Waals surface area contributed by atoms with E-state index in [1.165, 1.54) is 87.6 Å². The van der Waals surface area contributed by atoms with Crippen LogP contribution in [0.4, 0.5) is 0 Å². The third-order valence-corrected chi connectivity index (χ3v) is 11.2. The van der Waals surface area contributed by atoms with E-state index in [0.717, 1.165) is 21.9 Å². The molecule has 1 aliphatic carbocycles. The number of rotatable bonds is 2. The van der Waals surface area contributed by atoms with Gasteiger partial charge in [-0.2, -0.15) is 0 Å². The molecule has 1 aromatic heterocycles. The summed E-state index contributed by atoms with van der Waals surface area (Å²) in [5, 5.41) is 12.8. The molecule has 0 aliphatic heterocycles. The van der Waals surface area contributed by atoms with Crippen molar-refractivity contribution in [3.63, 3.8) is 0 Å². The minimum absolute atomic E-state index is 0.138. The third-order valence-electron chi connectivity index (χ3n) is 11.2. The van der Waals surface area contributed by atoms with Gasteiger partial charge in [-0.1, -0.05) is 111 Å². The second kappa shape index (κ2) is 9.12. The Morgan fingerprint density at radius 3 is 1.88 bits per heavy atom. The fraction of sp³-hybridized carbons (Fsp3) is 0.0638. The lowest BCUT2D eigenvalue weighted by molar-refractivity contribution is 0.661. The van der Waals surface area contributed by atoms with Gasteiger partial charge in [-0.15, -0.1) is 0 Å². The van der Waals surface area contributed by atoms with E-state index in [2.05, 4.69) is 147 Å². The average Bonchev–Trinajstić information content (AvgIpc) is 3.60. The van der Waals surface area contributed by atoms with Crippen LogP contribution >= 0.6 is 0 Å². The largest absolute Gasteiger partial charge is 0.456 e. The summed E-state index contributed by atoms with van der Waals surface area (Å²) < 4.78 is 6.28. The SMILES string of the molecule is CC1(C)c2cc(-c3cc4ccc5cccc6ccc(c3)c4c56)ccc2-c2cc3cccc(-c4ccc5c(c4)oc4ccccc45)c3cc21. The molecule has 48 heavy (non-hydrogen) atoms. The van der Waals surface area contributed by atoms with E-state index in [-0.39, 0.29) is 5.41 Å². The van der Waals surface area contributed by atoms with Crippen LogP contribution in [0.2, 0.25) is 0 Å². The number of hydrogen-bond donors (Lipinski definition) is 0. The Hall–Kier alpha value is -5.92. The maximum Gasteiger partial charge on any atom is 0.136 e. The molecule has 0 saturated heterocycles. The lowest BCUT2D eigenvalue weighted by Gasteiger charge is -2.23. The van der Waals surface area contributed by atoms with E-state index < -0.39 is 0 Å². The van der Waals surface area contributed by atoms with Gasteiger partial charge in [0.15, 0.2) is 0 Å². The quantitative estimate of drug-likeness (QED) is 0.178. The fourth-order valence-corrected chi connectivity index (χ4v) is 8.75. The standard InChI is InChI=1S/C47H30O/c1-47(2)41-24-29(34-21-32-15-13-27-7-5-8-28-14-16-33(22-34)46(32)45(27)28)17-19-36(41)40-23-30-9-6-11-35(39(30)26-42(40)47)31-18-20-38-37-10-3-4-12-43(37)48-44(38)25-31/h3-26H,1-2H3. The third kappa shape index (κ3) is 3.46. The number of benzene rings is 9. The predicted octanol–water partition coefficient (Wildman–Crippen LogP) is 13.3. The zero-order chi connectivity index (χ0) is 31.7. The maximum atomic E-state index is 6.28. The van der Waals surface area contributed by atoms with Crippen LogP contribution in [-0.4, -0.2) is 0 Å². The Balaban J connectivity index is 1.05. The number of hydrogen-bond acceptors (Lipinski definition) is 1. The van der Waals surface area contributed by atoms with Crippen LogP contribution in [0.1, 0.15) is 25.0 Å². The summed E-state index contributed by atoms with van der Waals surface area (Å²) in [5.41, 5.74) is 12.1. The summed E-state index contributed by atoms with van der Waals surface area (Å²) >= 11 is 0. The molecule has 11 rings (SSSR count). The summed E-state index contributed by atoms with van der Waals surface area (Å²) in [6.45, 7) is 4.77. The highest BCUT2D eigenvalue weighted by Crippen LogP contribution is 2.52. The van der Waals surface area contributed by atoms with Gasteiger partial charge in [0.2, 0.25) is 0 Å². The minimum atomic E-state index is -0.138. The molecular formula is C47H30O. The first-order chi connectivity index (χ1) is 23.5. The molecule has 0 fully saturated rings. The Kier molecular flexibility index (Phi) is 4.97. The smallest absolute Gasteiger partial charge is 0.136 e. The molecule has 224 valence electrons. The van der Waals surface area contributed by atoms with E-state index in [9.17, 15) is 0 Å². The van der Waals surface area contributed by atoms with Gasteiger partial charge in [0.25, 0.3) is 0 Å². The van der Waals surface area contributed by atoms with Gasteiger partial charge >= 0.3 is 0 Å². The topological polar surface area (TPSA) is 13.1 Å². The molecule has 1 heteroatoms. The molecule has 0 unspecified atom stereocenters. The van der Waals surface area contributed by atoms with E-state index in [4.69, 9.17) is 4.42 Å². The van der Waals surface area contributed by atoms with Crippen molar-refractivity contribution in [3.8, 4) is 33.4 Å². The van der Waals surface area contributed by atoms with Crippen LogP contribution in [0.15, 0.2) is 150 Å². The lowest BCUT2D eigenvalue weighted by atomic mass is 9.80. The Morgan fingerprint density at radius 1 is 0.375 bits per heavy atom. The van der Waals surface area contributed by atoms with Crippen molar-refractivity contribution in [1.29, 1.82) is 0 Å². The van der Waals surface area contributed by atoms with Gasteiger partial charge in [-0.05, 0) is 136 Å². The number of para-hydroxylation sites is 1. The molecular weight excluding hydrogens is 581 g/mol. The first kappa shape index (κ1) is 26.2. The molecule has 10 aromatic rings. The molecule has 0 radical (unpaired) electrons. The Bertz CT molecular complexity index is 2910. The fourth-order valence-electron chi connectivity index (χ4n) is 8.75. The van der Waals surface area contributed by atoms with Crippen LogP contribution in [0, 0.1) is 0 Å².